The molecule has 0 bridgehead atoms. The lowest BCUT2D eigenvalue weighted by molar-refractivity contribution is 0.0656. The van der Waals surface area contributed by atoms with Crippen LogP contribution in [0.4, 0.5) is 0 Å². The monoisotopic (exact) mass is 269 g/mol. The Morgan fingerprint density at radius 1 is 1.10 bits per heavy atom. The summed E-state index contributed by atoms with van der Waals surface area (Å²) in [6.45, 7) is 4.24. The van der Waals surface area contributed by atoms with Crippen molar-refractivity contribution >= 4 is 11.8 Å². The second kappa shape index (κ2) is 4.59. The van der Waals surface area contributed by atoms with Crippen molar-refractivity contribution in [2.45, 2.75) is 20.3 Å². The number of benzene rings is 1. The van der Waals surface area contributed by atoms with Crippen molar-refractivity contribution in [2.75, 3.05) is 6.54 Å². The molecule has 0 radical (unpaired) electrons. The SMILES string of the molecule is Cc1n[nH]c(C)c1CCN1C(=O)c2ccccc2C1=O. The average Bonchev–Trinajstić information content (AvgIpc) is 2.89. The first-order valence-corrected chi connectivity index (χ1v) is 6.55. The summed E-state index contributed by atoms with van der Waals surface area (Å²) in [5.74, 6) is -0.409. The molecule has 0 fully saturated rings. The second-order valence-corrected chi connectivity index (χ2v) is 4.97. The Labute approximate surface area is 116 Å². The lowest BCUT2D eigenvalue weighted by Gasteiger charge is -2.13. The maximum Gasteiger partial charge on any atom is 0.261 e. The number of carbonyl (C=O) groups is 2. The number of amides is 2. The van der Waals surface area contributed by atoms with Crippen LogP contribution in [0.5, 0.6) is 0 Å². The summed E-state index contributed by atoms with van der Waals surface area (Å²) in [4.78, 5) is 25.8. The summed E-state index contributed by atoms with van der Waals surface area (Å²) >= 11 is 0. The Balaban J connectivity index is 1.81. The maximum absolute atomic E-state index is 12.2. The van der Waals surface area contributed by atoms with Gasteiger partial charge in [0.2, 0.25) is 0 Å². The van der Waals surface area contributed by atoms with Gasteiger partial charge in [-0.25, -0.2) is 0 Å². The lowest BCUT2D eigenvalue weighted by atomic mass is 10.1. The van der Waals surface area contributed by atoms with E-state index in [4.69, 9.17) is 0 Å². The van der Waals surface area contributed by atoms with Crippen LogP contribution in [0.15, 0.2) is 24.3 Å². The van der Waals surface area contributed by atoms with Crippen LogP contribution in [0, 0.1) is 13.8 Å². The number of fused-ring (bicyclic) bond motifs is 1. The van der Waals surface area contributed by atoms with Gasteiger partial charge in [0.05, 0.1) is 16.8 Å². The fourth-order valence-corrected chi connectivity index (χ4v) is 2.61. The van der Waals surface area contributed by atoms with Gasteiger partial charge in [0.25, 0.3) is 11.8 Å². The average molecular weight is 269 g/mol. The molecule has 1 aromatic heterocycles. The molecule has 20 heavy (non-hydrogen) atoms. The molecule has 0 saturated heterocycles. The van der Waals surface area contributed by atoms with E-state index in [-0.39, 0.29) is 11.8 Å². The first-order chi connectivity index (χ1) is 9.59. The molecule has 1 aliphatic rings. The van der Waals surface area contributed by atoms with Crippen LogP contribution in [0.1, 0.15) is 37.7 Å². The number of carbonyl (C=O) groups excluding carboxylic acids is 2. The first kappa shape index (κ1) is 12.6. The van der Waals surface area contributed by atoms with Crippen LogP contribution in [-0.4, -0.2) is 33.5 Å². The number of H-pyrrole nitrogens is 1. The number of aromatic nitrogens is 2. The van der Waals surface area contributed by atoms with Gasteiger partial charge < -0.3 is 0 Å². The minimum atomic E-state index is -0.204. The summed E-state index contributed by atoms with van der Waals surface area (Å²) in [5.41, 5.74) is 3.97. The van der Waals surface area contributed by atoms with Gasteiger partial charge in [0, 0.05) is 12.2 Å². The molecular weight excluding hydrogens is 254 g/mol. The van der Waals surface area contributed by atoms with Gasteiger partial charge >= 0.3 is 0 Å². The summed E-state index contributed by atoms with van der Waals surface area (Å²) < 4.78 is 0. The van der Waals surface area contributed by atoms with Crippen LogP contribution >= 0.6 is 0 Å². The van der Waals surface area contributed by atoms with Gasteiger partial charge in [0.15, 0.2) is 0 Å². The van der Waals surface area contributed by atoms with E-state index in [2.05, 4.69) is 10.2 Å². The van der Waals surface area contributed by atoms with E-state index >= 15 is 0 Å². The summed E-state index contributed by atoms with van der Waals surface area (Å²) in [6, 6.07) is 6.95. The Bertz CT molecular complexity index is 648. The van der Waals surface area contributed by atoms with Crippen molar-refractivity contribution in [3.8, 4) is 0 Å². The van der Waals surface area contributed by atoms with Gasteiger partial charge in [-0.15, -0.1) is 0 Å². The molecule has 2 aromatic rings. The topological polar surface area (TPSA) is 66.1 Å². The third kappa shape index (κ3) is 1.82. The highest BCUT2D eigenvalue weighted by atomic mass is 16.2. The molecule has 0 atom stereocenters. The predicted octanol–water partition coefficient (Wildman–Crippen LogP) is 1.87. The molecule has 0 aliphatic carbocycles. The number of nitrogens with one attached hydrogen (secondary N) is 1. The number of aromatic amines is 1. The molecule has 2 heterocycles. The smallest absolute Gasteiger partial charge is 0.261 e. The third-order valence-corrected chi connectivity index (χ3v) is 3.74. The van der Waals surface area contributed by atoms with Gasteiger partial charge in [-0.2, -0.15) is 5.10 Å². The van der Waals surface area contributed by atoms with Gasteiger partial charge in [-0.05, 0) is 38.0 Å². The van der Waals surface area contributed by atoms with Crippen molar-refractivity contribution in [3.63, 3.8) is 0 Å². The van der Waals surface area contributed by atoms with Crippen molar-refractivity contribution in [1.82, 2.24) is 15.1 Å². The van der Waals surface area contributed by atoms with Crippen molar-refractivity contribution < 1.29 is 9.59 Å². The van der Waals surface area contributed by atoms with Crippen LogP contribution in [0.25, 0.3) is 0 Å². The fourth-order valence-electron chi connectivity index (χ4n) is 2.61. The number of nitrogens with zero attached hydrogens (tertiary/aromatic N) is 2. The fraction of sp³-hybridized carbons (Fsp3) is 0.267. The molecule has 0 spiro atoms. The minimum absolute atomic E-state index is 0.204. The molecule has 1 N–H and O–H groups in total. The zero-order valence-corrected chi connectivity index (χ0v) is 11.4. The van der Waals surface area contributed by atoms with Crippen LogP contribution < -0.4 is 0 Å². The van der Waals surface area contributed by atoms with Gasteiger partial charge in [-0.1, -0.05) is 12.1 Å². The van der Waals surface area contributed by atoms with Crippen molar-refractivity contribution in [2.24, 2.45) is 0 Å². The Hall–Kier alpha value is -2.43. The molecule has 0 unspecified atom stereocenters. The third-order valence-electron chi connectivity index (χ3n) is 3.74. The normalized spacial score (nSPS) is 14.0. The van der Waals surface area contributed by atoms with E-state index < -0.39 is 0 Å². The second-order valence-electron chi connectivity index (χ2n) is 4.97. The summed E-state index contributed by atoms with van der Waals surface area (Å²) in [7, 11) is 0. The van der Waals surface area contributed by atoms with Crippen LogP contribution in [0.3, 0.4) is 0 Å². The van der Waals surface area contributed by atoms with Crippen LogP contribution in [0.2, 0.25) is 0 Å². The molecular formula is C15H15N3O2. The summed E-state index contributed by atoms with van der Waals surface area (Å²) in [5, 5.41) is 7.04. The molecule has 2 amide bonds. The molecule has 102 valence electrons. The molecule has 1 aromatic carbocycles. The zero-order chi connectivity index (χ0) is 14.3. The number of rotatable bonds is 3. The van der Waals surface area contributed by atoms with E-state index in [1.54, 1.807) is 24.3 Å². The highest BCUT2D eigenvalue weighted by Gasteiger charge is 2.34. The van der Waals surface area contributed by atoms with Gasteiger partial charge in [-0.3, -0.25) is 19.6 Å². The number of imide groups is 1. The van der Waals surface area contributed by atoms with Crippen molar-refractivity contribution in [3.05, 3.63) is 52.3 Å². The Morgan fingerprint density at radius 3 is 2.20 bits per heavy atom. The minimum Gasteiger partial charge on any atom is -0.282 e. The Kier molecular flexibility index (Phi) is 2.89. The number of aryl methyl sites for hydroxylation is 2. The highest BCUT2D eigenvalue weighted by Crippen LogP contribution is 2.23. The van der Waals surface area contributed by atoms with E-state index in [1.807, 2.05) is 13.8 Å². The van der Waals surface area contributed by atoms with E-state index in [9.17, 15) is 9.59 Å². The highest BCUT2D eigenvalue weighted by molar-refractivity contribution is 6.21. The largest absolute Gasteiger partial charge is 0.282 e. The lowest BCUT2D eigenvalue weighted by Crippen LogP contribution is -2.31. The first-order valence-electron chi connectivity index (χ1n) is 6.55. The Morgan fingerprint density at radius 2 is 1.70 bits per heavy atom. The zero-order valence-electron chi connectivity index (χ0n) is 11.4. The number of hydrogen-bond donors (Lipinski definition) is 1. The number of hydrogen-bond acceptors (Lipinski definition) is 3. The van der Waals surface area contributed by atoms with E-state index in [0.717, 1.165) is 17.0 Å². The summed E-state index contributed by atoms with van der Waals surface area (Å²) in [6.07, 6.45) is 0.625. The molecule has 3 rings (SSSR count). The van der Waals surface area contributed by atoms with E-state index in [0.29, 0.717) is 24.1 Å². The molecule has 5 heteroatoms. The van der Waals surface area contributed by atoms with E-state index in [1.165, 1.54) is 4.90 Å². The molecule has 0 saturated carbocycles. The quantitative estimate of drug-likeness (QED) is 0.865. The molecule has 1 aliphatic heterocycles. The van der Waals surface area contributed by atoms with Gasteiger partial charge in [0.1, 0.15) is 0 Å². The molecule has 5 nitrogen and oxygen atoms in total. The predicted molar refractivity (Wildman–Crippen MR) is 73.6 cm³/mol. The van der Waals surface area contributed by atoms with Crippen LogP contribution in [-0.2, 0) is 6.42 Å². The standard InChI is InChI=1S/C15H15N3O2/c1-9-11(10(2)17-16-9)7-8-18-14(19)12-5-3-4-6-13(12)15(18)20/h3-6H,7-8H2,1-2H3,(H,16,17). The van der Waals surface area contributed by atoms with Crippen molar-refractivity contribution in [1.29, 1.82) is 0 Å². The maximum atomic E-state index is 12.2.